The van der Waals surface area contributed by atoms with Gasteiger partial charge in [0.2, 0.25) is 0 Å². The Morgan fingerprint density at radius 3 is 2.29 bits per heavy atom. The van der Waals surface area contributed by atoms with E-state index in [1.165, 1.54) is 12.8 Å². The van der Waals surface area contributed by atoms with Crippen molar-refractivity contribution in [2.75, 3.05) is 13.1 Å². The lowest BCUT2D eigenvalue weighted by Crippen LogP contribution is -2.66. The second-order valence-corrected chi connectivity index (χ2v) is 6.42. The number of amides is 1. The van der Waals surface area contributed by atoms with E-state index in [1.807, 2.05) is 20.8 Å². The average Bonchev–Trinajstić information content (AvgIpc) is 2.62. The summed E-state index contributed by atoms with van der Waals surface area (Å²) < 4.78 is 5.27. The number of β-amino-alcohol motifs (C(OH)–C–C–N with tert-alkyl or cyclic N) is 1. The van der Waals surface area contributed by atoms with E-state index >= 15 is 0 Å². The van der Waals surface area contributed by atoms with E-state index in [-0.39, 0.29) is 6.09 Å². The molecule has 0 spiro atoms. The first-order valence-corrected chi connectivity index (χ1v) is 6.50. The normalized spacial score (nSPS) is 24.6. The third-order valence-electron chi connectivity index (χ3n) is 3.70. The second-order valence-electron chi connectivity index (χ2n) is 6.42. The van der Waals surface area contributed by atoms with E-state index in [1.54, 1.807) is 4.90 Å². The maximum Gasteiger partial charge on any atom is 0.410 e. The van der Waals surface area contributed by atoms with Gasteiger partial charge in [0.15, 0.2) is 0 Å². The molecule has 17 heavy (non-hydrogen) atoms. The molecule has 4 nitrogen and oxygen atoms in total. The van der Waals surface area contributed by atoms with Gasteiger partial charge in [0.25, 0.3) is 0 Å². The Balaban J connectivity index is 1.83. The largest absolute Gasteiger partial charge is 0.444 e. The lowest BCUT2D eigenvalue weighted by Gasteiger charge is -2.49. The van der Waals surface area contributed by atoms with Crippen LogP contribution in [0.2, 0.25) is 0 Å². The maximum atomic E-state index is 11.7. The molecule has 1 saturated carbocycles. The number of hydrogen-bond acceptors (Lipinski definition) is 3. The summed E-state index contributed by atoms with van der Waals surface area (Å²) in [6, 6.07) is 0. The van der Waals surface area contributed by atoms with Crippen molar-refractivity contribution in [3.63, 3.8) is 0 Å². The predicted octanol–water partition coefficient (Wildman–Crippen LogP) is 2.16. The van der Waals surface area contributed by atoms with Gasteiger partial charge in [-0.2, -0.15) is 0 Å². The van der Waals surface area contributed by atoms with Crippen LogP contribution in [0.15, 0.2) is 0 Å². The fourth-order valence-electron chi connectivity index (χ4n) is 2.79. The maximum absolute atomic E-state index is 11.7. The Labute approximate surface area is 103 Å². The van der Waals surface area contributed by atoms with Gasteiger partial charge in [-0.3, -0.25) is 0 Å². The molecule has 0 aromatic carbocycles. The topological polar surface area (TPSA) is 49.8 Å². The van der Waals surface area contributed by atoms with Gasteiger partial charge in [0.1, 0.15) is 11.2 Å². The van der Waals surface area contributed by atoms with Gasteiger partial charge in [-0.1, -0.05) is 12.8 Å². The van der Waals surface area contributed by atoms with Crippen LogP contribution in [-0.2, 0) is 4.74 Å². The SMILES string of the molecule is CC(C)(C)OC(=O)N1CC(O)(C2CCCC2)C1. The van der Waals surface area contributed by atoms with Crippen molar-refractivity contribution in [1.82, 2.24) is 4.90 Å². The van der Waals surface area contributed by atoms with Gasteiger partial charge in [-0.05, 0) is 39.5 Å². The molecule has 2 aliphatic rings. The summed E-state index contributed by atoms with van der Waals surface area (Å²) in [4.78, 5) is 13.3. The minimum Gasteiger partial charge on any atom is -0.444 e. The Hall–Kier alpha value is -0.770. The molecule has 2 rings (SSSR count). The van der Waals surface area contributed by atoms with Crippen LogP contribution in [0.3, 0.4) is 0 Å². The van der Waals surface area contributed by atoms with E-state index in [4.69, 9.17) is 4.74 Å². The molecule has 98 valence electrons. The summed E-state index contributed by atoms with van der Waals surface area (Å²) in [5, 5.41) is 10.4. The van der Waals surface area contributed by atoms with Gasteiger partial charge in [0.05, 0.1) is 13.1 Å². The number of hydrogen-bond donors (Lipinski definition) is 1. The van der Waals surface area contributed by atoms with Crippen molar-refractivity contribution in [3.8, 4) is 0 Å². The third kappa shape index (κ3) is 2.73. The summed E-state index contributed by atoms with van der Waals surface area (Å²) in [7, 11) is 0. The number of likely N-dealkylation sites (tertiary alicyclic amines) is 1. The monoisotopic (exact) mass is 241 g/mol. The standard InChI is InChI=1S/C13H23NO3/c1-12(2,3)17-11(15)14-8-13(16,9-14)10-6-4-5-7-10/h10,16H,4-9H2,1-3H3. The summed E-state index contributed by atoms with van der Waals surface area (Å²) in [6.07, 6.45) is 4.30. The molecule has 0 unspecified atom stereocenters. The van der Waals surface area contributed by atoms with Crippen LogP contribution in [0.25, 0.3) is 0 Å². The molecule has 1 amide bonds. The summed E-state index contributed by atoms with van der Waals surface area (Å²) >= 11 is 0. The van der Waals surface area contributed by atoms with E-state index < -0.39 is 11.2 Å². The van der Waals surface area contributed by atoms with Crippen LogP contribution in [0.4, 0.5) is 4.79 Å². The van der Waals surface area contributed by atoms with Crippen molar-refractivity contribution in [2.45, 2.75) is 57.7 Å². The van der Waals surface area contributed by atoms with Crippen LogP contribution in [0, 0.1) is 5.92 Å². The smallest absolute Gasteiger partial charge is 0.410 e. The third-order valence-corrected chi connectivity index (χ3v) is 3.70. The lowest BCUT2D eigenvalue weighted by molar-refractivity contribution is -0.130. The minimum absolute atomic E-state index is 0.305. The van der Waals surface area contributed by atoms with Crippen molar-refractivity contribution < 1.29 is 14.6 Å². The lowest BCUT2D eigenvalue weighted by atomic mass is 9.80. The van der Waals surface area contributed by atoms with E-state index in [0.29, 0.717) is 19.0 Å². The highest BCUT2D eigenvalue weighted by Gasteiger charge is 2.50. The number of nitrogens with zero attached hydrogens (tertiary/aromatic N) is 1. The van der Waals surface area contributed by atoms with Gasteiger partial charge in [-0.25, -0.2) is 4.79 Å². The van der Waals surface area contributed by atoms with Crippen molar-refractivity contribution in [3.05, 3.63) is 0 Å². The van der Waals surface area contributed by atoms with Gasteiger partial charge >= 0.3 is 6.09 Å². The summed E-state index contributed by atoms with van der Waals surface area (Å²) in [5.41, 5.74) is -1.11. The second kappa shape index (κ2) is 4.16. The van der Waals surface area contributed by atoms with Gasteiger partial charge in [0, 0.05) is 0 Å². The fraction of sp³-hybridized carbons (Fsp3) is 0.923. The van der Waals surface area contributed by atoms with Crippen LogP contribution in [0.1, 0.15) is 46.5 Å². The van der Waals surface area contributed by atoms with E-state index in [0.717, 1.165) is 12.8 Å². The highest BCUT2D eigenvalue weighted by atomic mass is 16.6. The first-order valence-electron chi connectivity index (χ1n) is 6.50. The molecule has 0 atom stereocenters. The Kier molecular flexibility index (Phi) is 3.10. The number of carbonyl (C=O) groups is 1. The predicted molar refractivity (Wildman–Crippen MR) is 64.7 cm³/mol. The average molecular weight is 241 g/mol. The molecule has 1 N–H and O–H groups in total. The Morgan fingerprint density at radius 2 is 1.82 bits per heavy atom. The zero-order chi connectivity index (χ0) is 12.7. The fourth-order valence-corrected chi connectivity index (χ4v) is 2.79. The molecular formula is C13H23NO3. The molecule has 1 aliphatic carbocycles. The molecule has 4 heteroatoms. The molecule has 0 radical (unpaired) electrons. The molecule has 0 aromatic heterocycles. The van der Waals surface area contributed by atoms with Gasteiger partial charge in [-0.15, -0.1) is 0 Å². The van der Waals surface area contributed by atoms with Crippen LogP contribution in [0.5, 0.6) is 0 Å². The molecule has 0 bridgehead atoms. The number of aliphatic hydroxyl groups is 1. The van der Waals surface area contributed by atoms with Crippen LogP contribution in [-0.4, -0.2) is 40.4 Å². The quantitative estimate of drug-likeness (QED) is 0.765. The van der Waals surface area contributed by atoms with Crippen molar-refractivity contribution in [1.29, 1.82) is 0 Å². The van der Waals surface area contributed by atoms with Crippen molar-refractivity contribution >= 4 is 6.09 Å². The molecule has 1 saturated heterocycles. The Bertz CT molecular complexity index is 296. The van der Waals surface area contributed by atoms with Gasteiger partial charge < -0.3 is 14.7 Å². The Morgan fingerprint density at radius 1 is 1.29 bits per heavy atom. The number of ether oxygens (including phenoxy) is 1. The van der Waals surface area contributed by atoms with Crippen LogP contribution < -0.4 is 0 Å². The van der Waals surface area contributed by atoms with Crippen LogP contribution >= 0.6 is 0 Å². The molecule has 0 aromatic rings. The summed E-state index contributed by atoms with van der Waals surface area (Å²) in [5.74, 6) is 0.376. The molecule has 2 fully saturated rings. The molecular weight excluding hydrogens is 218 g/mol. The summed E-state index contributed by atoms with van der Waals surface area (Å²) in [6.45, 7) is 6.44. The van der Waals surface area contributed by atoms with Crippen molar-refractivity contribution in [2.24, 2.45) is 5.92 Å². The first kappa shape index (κ1) is 12.7. The number of rotatable bonds is 1. The molecule has 1 heterocycles. The molecule has 1 aliphatic heterocycles. The first-order chi connectivity index (χ1) is 7.80. The zero-order valence-corrected chi connectivity index (χ0v) is 11.0. The highest BCUT2D eigenvalue weighted by Crippen LogP contribution is 2.39. The van der Waals surface area contributed by atoms with E-state index in [2.05, 4.69) is 0 Å². The zero-order valence-electron chi connectivity index (χ0n) is 11.0. The van der Waals surface area contributed by atoms with E-state index in [9.17, 15) is 9.90 Å². The minimum atomic E-state index is -0.645. The highest BCUT2D eigenvalue weighted by molar-refractivity contribution is 5.69. The number of carbonyl (C=O) groups excluding carboxylic acids is 1.